The smallest absolute Gasteiger partial charge is 0.0705 e. The van der Waals surface area contributed by atoms with Crippen LogP contribution in [0.25, 0.3) is 0 Å². The van der Waals surface area contributed by atoms with Crippen LogP contribution in [0.5, 0.6) is 0 Å². The van der Waals surface area contributed by atoms with E-state index in [1.165, 1.54) is 0 Å². The van der Waals surface area contributed by atoms with E-state index < -0.39 is 12.1 Å². The van der Waals surface area contributed by atoms with Crippen LogP contribution in [-0.4, -0.2) is 11.2 Å². The van der Waals surface area contributed by atoms with Gasteiger partial charge in [0, 0.05) is 11.4 Å². The first-order valence-electron chi connectivity index (χ1n) is 4.11. The first-order chi connectivity index (χ1) is 6.02. The molecule has 0 bridgehead atoms. The van der Waals surface area contributed by atoms with Gasteiger partial charge in [0.1, 0.15) is 0 Å². The van der Waals surface area contributed by atoms with E-state index in [1.807, 2.05) is 0 Å². The fourth-order valence-corrected chi connectivity index (χ4v) is 1.14. The van der Waals surface area contributed by atoms with Gasteiger partial charge < -0.3 is 22.3 Å². The maximum absolute atomic E-state index is 9.27. The molecule has 0 aromatic heterocycles. The van der Waals surface area contributed by atoms with Gasteiger partial charge in [0.25, 0.3) is 0 Å². The number of benzene rings is 1. The molecule has 1 rings (SSSR count). The molecule has 0 amide bonds. The topological polar surface area (TPSA) is 98.3 Å². The third kappa shape index (κ3) is 2.11. The molecule has 2 atom stereocenters. The predicted octanol–water partition coefficient (Wildman–Crippen LogP) is 0.232. The molecule has 0 heterocycles. The van der Waals surface area contributed by atoms with E-state index in [2.05, 4.69) is 0 Å². The van der Waals surface area contributed by atoms with Gasteiger partial charge in [0.05, 0.1) is 12.1 Å². The van der Waals surface area contributed by atoms with Crippen molar-refractivity contribution in [1.82, 2.24) is 0 Å². The molecule has 0 unspecified atom stereocenters. The Labute approximate surface area is 77.3 Å². The molecule has 13 heavy (non-hydrogen) atoms. The molecule has 0 radical (unpaired) electrons. The average molecular weight is 181 g/mol. The standard InChI is InChI=1S/C9H15N3O/c1-5(13)9(12)7-4-6(10)2-3-8(7)11/h2-5,9,13H,10-12H2,1H3/t5-,9-/m0/s1. The average Bonchev–Trinajstić information content (AvgIpc) is 2.08. The summed E-state index contributed by atoms with van der Waals surface area (Å²) in [7, 11) is 0. The lowest BCUT2D eigenvalue weighted by atomic mass is 10.0. The number of aliphatic hydroxyl groups excluding tert-OH is 1. The third-order valence-electron chi connectivity index (χ3n) is 1.99. The summed E-state index contributed by atoms with van der Waals surface area (Å²) in [6.45, 7) is 1.62. The summed E-state index contributed by atoms with van der Waals surface area (Å²) < 4.78 is 0. The second-order valence-corrected chi connectivity index (χ2v) is 3.15. The number of nitrogens with two attached hydrogens (primary N) is 3. The second-order valence-electron chi connectivity index (χ2n) is 3.15. The molecule has 0 aliphatic heterocycles. The Hall–Kier alpha value is -1.26. The Morgan fingerprint density at radius 1 is 1.31 bits per heavy atom. The van der Waals surface area contributed by atoms with E-state index in [0.717, 1.165) is 0 Å². The maximum Gasteiger partial charge on any atom is 0.0705 e. The highest BCUT2D eigenvalue weighted by Crippen LogP contribution is 2.23. The largest absolute Gasteiger partial charge is 0.399 e. The lowest BCUT2D eigenvalue weighted by Gasteiger charge is -2.17. The lowest BCUT2D eigenvalue weighted by Crippen LogP contribution is -2.24. The molecule has 0 saturated heterocycles. The molecule has 0 aliphatic rings. The van der Waals surface area contributed by atoms with Crippen molar-refractivity contribution >= 4 is 11.4 Å². The van der Waals surface area contributed by atoms with Crippen molar-refractivity contribution in [2.75, 3.05) is 11.5 Å². The Bertz CT molecular complexity index is 299. The Morgan fingerprint density at radius 2 is 1.92 bits per heavy atom. The molecule has 4 heteroatoms. The molecule has 0 spiro atoms. The van der Waals surface area contributed by atoms with E-state index in [-0.39, 0.29) is 0 Å². The van der Waals surface area contributed by atoms with Gasteiger partial charge in [0.2, 0.25) is 0 Å². The number of hydrogen-bond donors (Lipinski definition) is 4. The van der Waals surface area contributed by atoms with Crippen LogP contribution >= 0.6 is 0 Å². The lowest BCUT2D eigenvalue weighted by molar-refractivity contribution is 0.164. The minimum absolute atomic E-state index is 0.483. The molecule has 72 valence electrons. The van der Waals surface area contributed by atoms with Gasteiger partial charge in [-0.3, -0.25) is 0 Å². The summed E-state index contributed by atoms with van der Waals surface area (Å²) in [6.07, 6.45) is -0.635. The Balaban J connectivity index is 3.05. The summed E-state index contributed by atoms with van der Waals surface area (Å²) in [6, 6.07) is 4.59. The zero-order valence-electron chi connectivity index (χ0n) is 7.57. The predicted molar refractivity (Wildman–Crippen MR) is 53.9 cm³/mol. The Kier molecular flexibility index (Phi) is 2.75. The number of anilines is 2. The summed E-state index contributed by atoms with van der Waals surface area (Å²) in [5.74, 6) is 0. The minimum atomic E-state index is -0.635. The van der Waals surface area contributed by atoms with Gasteiger partial charge in [-0.15, -0.1) is 0 Å². The normalized spacial score (nSPS) is 15.3. The van der Waals surface area contributed by atoms with E-state index >= 15 is 0 Å². The second kappa shape index (κ2) is 3.64. The molecule has 4 nitrogen and oxygen atoms in total. The quantitative estimate of drug-likeness (QED) is 0.491. The number of nitrogen functional groups attached to an aromatic ring is 2. The van der Waals surface area contributed by atoms with E-state index in [4.69, 9.17) is 17.2 Å². The van der Waals surface area contributed by atoms with Crippen molar-refractivity contribution < 1.29 is 5.11 Å². The summed E-state index contributed by atoms with van der Waals surface area (Å²) in [5.41, 5.74) is 18.8. The summed E-state index contributed by atoms with van der Waals surface area (Å²) in [4.78, 5) is 0. The van der Waals surface area contributed by atoms with Gasteiger partial charge in [-0.1, -0.05) is 0 Å². The van der Waals surface area contributed by atoms with Crippen molar-refractivity contribution in [3.8, 4) is 0 Å². The SMILES string of the molecule is C[C@H](O)[C@H](N)c1cc(N)ccc1N. The van der Waals surface area contributed by atoms with Gasteiger partial charge in [0.15, 0.2) is 0 Å². The third-order valence-corrected chi connectivity index (χ3v) is 1.99. The fourth-order valence-electron chi connectivity index (χ4n) is 1.14. The molecular formula is C9H15N3O. The van der Waals surface area contributed by atoms with Crippen LogP contribution < -0.4 is 17.2 Å². The zero-order chi connectivity index (χ0) is 10.0. The van der Waals surface area contributed by atoms with Crippen LogP contribution in [0.3, 0.4) is 0 Å². The number of aliphatic hydroxyl groups is 1. The van der Waals surface area contributed by atoms with E-state index in [1.54, 1.807) is 25.1 Å². The van der Waals surface area contributed by atoms with Crippen LogP contribution in [0.2, 0.25) is 0 Å². The molecule has 0 saturated carbocycles. The van der Waals surface area contributed by atoms with Crippen LogP contribution in [-0.2, 0) is 0 Å². The molecule has 1 aromatic rings. The molecular weight excluding hydrogens is 166 g/mol. The molecule has 7 N–H and O–H groups in total. The van der Waals surface area contributed by atoms with Gasteiger partial charge in [-0.2, -0.15) is 0 Å². The zero-order valence-corrected chi connectivity index (χ0v) is 7.57. The van der Waals surface area contributed by atoms with Gasteiger partial charge >= 0.3 is 0 Å². The van der Waals surface area contributed by atoms with Crippen molar-refractivity contribution in [1.29, 1.82) is 0 Å². The van der Waals surface area contributed by atoms with Crippen molar-refractivity contribution in [2.45, 2.75) is 19.1 Å². The van der Waals surface area contributed by atoms with Crippen LogP contribution in [0.1, 0.15) is 18.5 Å². The highest BCUT2D eigenvalue weighted by atomic mass is 16.3. The van der Waals surface area contributed by atoms with Crippen molar-refractivity contribution in [3.63, 3.8) is 0 Å². The fraction of sp³-hybridized carbons (Fsp3) is 0.333. The van der Waals surface area contributed by atoms with Crippen molar-refractivity contribution in [2.24, 2.45) is 5.73 Å². The number of rotatable bonds is 2. The van der Waals surface area contributed by atoms with Gasteiger partial charge in [-0.25, -0.2) is 0 Å². The van der Waals surface area contributed by atoms with E-state index in [0.29, 0.717) is 16.9 Å². The van der Waals surface area contributed by atoms with E-state index in [9.17, 15) is 5.11 Å². The van der Waals surface area contributed by atoms with Crippen LogP contribution in [0.15, 0.2) is 18.2 Å². The Morgan fingerprint density at radius 3 is 2.46 bits per heavy atom. The van der Waals surface area contributed by atoms with Crippen LogP contribution in [0, 0.1) is 0 Å². The highest BCUT2D eigenvalue weighted by Gasteiger charge is 2.14. The molecule has 0 fully saturated rings. The van der Waals surface area contributed by atoms with Gasteiger partial charge in [-0.05, 0) is 30.7 Å². The first kappa shape index (κ1) is 9.83. The molecule has 1 aromatic carbocycles. The maximum atomic E-state index is 9.27. The first-order valence-corrected chi connectivity index (χ1v) is 4.11. The molecule has 0 aliphatic carbocycles. The monoisotopic (exact) mass is 181 g/mol. The summed E-state index contributed by atoms with van der Waals surface area (Å²) in [5, 5.41) is 9.27. The summed E-state index contributed by atoms with van der Waals surface area (Å²) >= 11 is 0. The van der Waals surface area contributed by atoms with Crippen LogP contribution in [0.4, 0.5) is 11.4 Å². The number of hydrogen-bond acceptors (Lipinski definition) is 4. The minimum Gasteiger partial charge on any atom is -0.399 e. The van der Waals surface area contributed by atoms with Crippen molar-refractivity contribution in [3.05, 3.63) is 23.8 Å². The highest BCUT2D eigenvalue weighted by molar-refractivity contribution is 5.56.